The second kappa shape index (κ2) is 7.73. The first kappa shape index (κ1) is 19.7. The van der Waals surface area contributed by atoms with Gasteiger partial charge in [-0.1, -0.05) is 39.3 Å². The third-order valence-electron chi connectivity index (χ3n) is 5.35. The van der Waals surface area contributed by atoms with Crippen LogP contribution in [0.3, 0.4) is 0 Å². The molecule has 0 bridgehead atoms. The van der Waals surface area contributed by atoms with E-state index >= 15 is 0 Å². The van der Waals surface area contributed by atoms with Gasteiger partial charge in [0, 0.05) is 0 Å². The molecule has 0 atom stereocenters. The maximum absolute atomic E-state index is 12.7. The molecule has 1 fully saturated rings. The highest BCUT2D eigenvalue weighted by molar-refractivity contribution is 6.75. The number of benzene rings is 1. The summed E-state index contributed by atoms with van der Waals surface area (Å²) in [6, 6.07) is 6.79. The van der Waals surface area contributed by atoms with E-state index in [4.69, 9.17) is 9.16 Å². The molecule has 0 radical (unpaired) electrons. The number of rotatable bonds is 4. The van der Waals surface area contributed by atoms with Crippen molar-refractivity contribution in [3.05, 3.63) is 35.4 Å². The van der Waals surface area contributed by atoms with Crippen LogP contribution in [0.1, 0.15) is 73.6 Å². The highest BCUT2D eigenvalue weighted by Gasteiger charge is 2.41. The van der Waals surface area contributed by atoms with Gasteiger partial charge < -0.3 is 9.16 Å². The van der Waals surface area contributed by atoms with Crippen molar-refractivity contribution in [3.8, 4) is 0 Å². The smallest absolute Gasteiger partial charge is 0.339 e. The second-order valence-corrected chi connectivity index (χ2v) is 13.1. The van der Waals surface area contributed by atoms with Gasteiger partial charge in [-0.3, -0.25) is 0 Å². The molecule has 0 saturated heterocycles. The Labute approximate surface area is 152 Å². The predicted octanol–water partition coefficient (Wildman–Crippen LogP) is 5.34. The van der Waals surface area contributed by atoms with E-state index < -0.39 is 20.3 Å². The molecule has 1 aromatic rings. The van der Waals surface area contributed by atoms with Crippen molar-refractivity contribution in [2.45, 2.75) is 77.1 Å². The van der Waals surface area contributed by atoms with E-state index in [-0.39, 0.29) is 11.1 Å². The van der Waals surface area contributed by atoms with Crippen LogP contribution >= 0.6 is 0 Å². The first-order valence-corrected chi connectivity index (χ1v) is 12.1. The van der Waals surface area contributed by atoms with Crippen LogP contribution in [0, 0.1) is 0 Å². The Bertz CT molecular complexity index is 625. The average Bonchev–Trinajstić information content (AvgIpc) is 2.54. The normalized spacial score (nSPS) is 16.4. The minimum Gasteiger partial charge on any atom is -0.516 e. The minimum atomic E-state index is -2.25. The van der Waals surface area contributed by atoms with Crippen LogP contribution in [-0.4, -0.2) is 26.4 Å². The fraction of sp³-hybridized carbons (Fsp3) is 0.600. The Morgan fingerprint density at radius 1 is 0.960 bits per heavy atom. The maximum atomic E-state index is 12.7. The molecule has 0 aromatic heterocycles. The number of carbonyl (C=O) groups is 2. The standard InChI is InChI=1S/C20H30O4Si/c1-20(2,3)25(4,5)24-19(22)17-14-10-9-13-16(17)18(21)23-15-11-7-6-8-12-15/h9-10,13-15H,6-8,11-12H2,1-5H3. The van der Waals surface area contributed by atoms with Gasteiger partial charge in [-0.05, 0) is 55.9 Å². The van der Waals surface area contributed by atoms with Crippen LogP contribution in [0.15, 0.2) is 24.3 Å². The molecule has 0 aliphatic heterocycles. The summed E-state index contributed by atoms with van der Waals surface area (Å²) in [5, 5.41) is -0.0831. The van der Waals surface area contributed by atoms with Gasteiger partial charge in [-0.25, -0.2) is 9.59 Å². The van der Waals surface area contributed by atoms with Gasteiger partial charge >= 0.3 is 11.9 Å². The number of hydrogen-bond donors (Lipinski definition) is 0. The summed E-state index contributed by atoms with van der Waals surface area (Å²) in [7, 11) is -2.25. The Morgan fingerprint density at radius 3 is 2.00 bits per heavy atom. The number of hydrogen-bond acceptors (Lipinski definition) is 4. The fourth-order valence-corrected chi connectivity index (χ4v) is 3.56. The molecule has 138 valence electrons. The van der Waals surface area contributed by atoms with Gasteiger partial charge in [0.1, 0.15) is 6.10 Å². The molecule has 0 heterocycles. The summed E-state index contributed by atoms with van der Waals surface area (Å²) in [5.74, 6) is -0.850. The third-order valence-corrected chi connectivity index (χ3v) is 9.65. The van der Waals surface area contributed by atoms with Crippen molar-refractivity contribution in [1.29, 1.82) is 0 Å². The summed E-state index contributed by atoms with van der Waals surface area (Å²) >= 11 is 0. The van der Waals surface area contributed by atoms with Crippen molar-refractivity contribution in [1.82, 2.24) is 0 Å². The predicted molar refractivity (Wildman–Crippen MR) is 101 cm³/mol. The summed E-state index contributed by atoms with van der Waals surface area (Å²) in [4.78, 5) is 25.3. The maximum Gasteiger partial charge on any atom is 0.339 e. The molecule has 0 spiro atoms. The van der Waals surface area contributed by atoms with Gasteiger partial charge in [0.25, 0.3) is 8.32 Å². The molecule has 0 N–H and O–H groups in total. The molecule has 4 nitrogen and oxygen atoms in total. The largest absolute Gasteiger partial charge is 0.516 e. The topological polar surface area (TPSA) is 52.6 Å². The Morgan fingerprint density at radius 2 is 1.48 bits per heavy atom. The zero-order valence-electron chi connectivity index (χ0n) is 16.1. The summed E-state index contributed by atoms with van der Waals surface area (Å²) in [6.45, 7) is 10.3. The highest BCUT2D eigenvalue weighted by Crippen LogP contribution is 2.37. The Balaban J connectivity index is 2.16. The number of esters is 1. The molecule has 0 amide bonds. The Hall–Kier alpha value is -1.62. The van der Waals surface area contributed by atoms with Gasteiger partial charge in [-0.2, -0.15) is 0 Å². The van der Waals surface area contributed by atoms with E-state index in [9.17, 15) is 9.59 Å². The van der Waals surface area contributed by atoms with Crippen molar-refractivity contribution in [2.75, 3.05) is 0 Å². The molecule has 1 aliphatic rings. The van der Waals surface area contributed by atoms with Crippen LogP contribution in [0.4, 0.5) is 0 Å². The number of carbonyl (C=O) groups excluding carboxylic acids is 2. The van der Waals surface area contributed by atoms with E-state index in [1.807, 2.05) is 13.1 Å². The molecule has 1 aromatic carbocycles. The molecular formula is C20H30O4Si. The third kappa shape index (κ3) is 4.94. The summed E-state index contributed by atoms with van der Waals surface area (Å²) in [6.07, 6.45) is 5.15. The van der Waals surface area contributed by atoms with Crippen molar-refractivity contribution < 1.29 is 18.8 Å². The lowest BCUT2D eigenvalue weighted by Crippen LogP contribution is -2.42. The lowest BCUT2D eigenvalue weighted by molar-refractivity contribution is 0.0207. The van der Waals surface area contributed by atoms with Gasteiger partial charge in [0.2, 0.25) is 0 Å². The zero-order chi connectivity index (χ0) is 18.7. The van der Waals surface area contributed by atoms with Gasteiger partial charge in [-0.15, -0.1) is 0 Å². The molecule has 1 aliphatic carbocycles. The molecule has 5 heteroatoms. The number of ether oxygens (including phenoxy) is 1. The van der Waals surface area contributed by atoms with E-state index in [1.165, 1.54) is 6.42 Å². The van der Waals surface area contributed by atoms with Crippen molar-refractivity contribution in [3.63, 3.8) is 0 Å². The quantitative estimate of drug-likeness (QED) is 0.536. The second-order valence-electron chi connectivity index (χ2n) is 8.36. The van der Waals surface area contributed by atoms with E-state index in [2.05, 4.69) is 20.8 Å². The van der Waals surface area contributed by atoms with Gasteiger partial charge in [0.15, 0.2) is 0 Å². The van der Waals surface area contributed by atoms with Crippen LogP contribution in [0.2, 0.25) is 18.1 Å². The van der Waals surface area contributed by atoms with Crippen LogP contribution in [0.25, 0.3) is 0 Å². The SMILES string of the molecule is CC(C)(C)[Si](C)(C)OC(=O)c1ccccc1C(=O)OC1CCCCC1. The van der Waals surface area contributed by atoms with E-state index in [0.717, 1.165) is 25.7 Å². The molecule has 2 rings (SSSR count). The summed E-state index contributed by atoms with van der Waals surface area (Å²) < 4.78 is 11.5. The van der Waals surface area contributed by atoms with Crippen LogP contribution in [0.5, 0.6) is 0 Å². The molecule has 1 saturated carbocycles. The first-order chi connectivity index (χ1) is 11.6. The summed E-state index contributed by atoms with van der Waals surface area (Å²) in [5.41, 5.74) is 0.602. The fourth-order valence-electron chi connectivity index (χ4n) is 2.68. The van der Waals surface area contributed by atoms with Crippen molar-refractivity contribution >= 4 is 20.3 Å². The first-order valence-electron chi connectivity index (χ1n) is 9.15. The monoisotopic (exact) mass is 362 g/mol. The van der Waals surface area contributed by atoms with Crippen LogP contribution in [-0.2, 0) is 9.16 Å². The lowest BCUT2D eigenvalue weighted by Gasteiger charge is -2.35. The van der Waals surface area contributed by atoms with E-state index in [0.29, 0.717) is 11.1 Å². The lowest BCUT2D eigenvalue weighted by atomic mass is 9.97. The van der Waals surface area contributed by atoms with Gasteiger partial charge in [0.05, 0.1) is 11.1 Å². The molecule has 25 heavy (non-hydrogen) atoms. The van der Waals surface area contributed by atoms with Crippen molar-refractivity contribution in [2.24, 2.45) is 0 Å². The minimum absolute atomic E-state index is 0.0364. The highest BCUT2D eigenvalue weighted by atomic mass is 28.4. The Kier molecular flexibility index (Phi) is 6.09. The average molecular weight is 363 g/mol. The molecule has 0 unspecified atom stereocenters. The van der Waals surface area contributed by atoms with Crippen LogP contribution < -0.4 is 0 Å². The zero-order valence-corrected chi connectivity index (χ0v) is 17.1. The van der Waals surface area contributed by atoms with E-state index in [1.54, 1.807) is 24.3 Å². The molecular weight excluding hydrogens is 332 g/mol.